The smallest absolute Gasteiger partial charge is 0.408 e. The Balaban J connectivity index is 1.97. The Bertz CT molecular complexity index is 1260. The normalized spacial score (nSPS) is 13.7. The molecule has 3 rings (SSSR count). The average Bonchev–Trinajstić information content (AvgIpc) is 2.88. The van der Waals surface area contributed by atoms with Gasteiger partial charge >= 0.3 is 6.09 Å². The molecular formula is C30H37N3O4S. The van der Waals surface area contributed by atoms with Gasteiger partial charge in [0.25, 0.3) is 5.91 Å². The summed E-state index contributed by atoms with van der Waals surface area (Å²) < 4.78 is 5.36. The molecule has 0 aliphatic heterocycles. The number of rotatable bonds is 9. The van der Waals surface area contributed by atoms with Crippen molar-refractivity contribution in [3.63, 3.8) is 0 Å². The van der Waals surface area contributed by atoms with E-state index in [1.165, 1.54) is 0 Å². The van der Waals surface area contributed by atoms with Crippen molar-refractivity contribution < 1.29 is 19.1 Å². The van der Waals surface area contributed by atoms with Gasteiger partial charge < -0.3 is 20.3 Å². The highest BCUT2D eigenvalue weighted by molar-refractivity contribution is 7.80. The van der Waals surface area contributed by atoms with Crippen molar-refractivity contribution in [2.24, 2.45) is 0 Å². The van der Waals surface area contributed by atoms with E-state index < -0.39 is 29.7 Å². The van der Waals surface area contributed by atoms with Gasteiger partial charge in [0, 0.05) is 17.5 Å². The predicted molar refractivity (Wildman–Crippen MR) is 155 cm³/mol. The van der Waals surface area contributed by atoms with Crippen LogP contribution in [0.15, 0.2) is 72.8 Å². The van der Waals surface area contributed by atoms with Crippen LogP contribution in [0.2, 0.25) is 0 Å². The van der Waals surface area contributed by atoms with E-state index in [1.807, 2.05) is 86.6 Å². The van der Waals surface area contributed by atoms with Crippen LogP contribution in [-0.2, 0) is 14.3 Å². The second-order valence-electron chi connectivity index (χ2n) is 10.2. The number of thiol groups is 1. The van der Waals surface area contributed by atoms with Crippen LogP contribution in [0.4, 0.5) is 10.5 Å². The van der Waals surface area contributed by atoms with Crippen LogP contribution in [0.5, 0.6) is 0 Å². The molecule has 3 amide bonds. The first-order valence-electron chi connectivity index (χ1n) is 12.8. The molecule has 0 aliphatic carbocycles. The highest BCUT2D eigenvalue weighted by Gasteiger charge is 2.38. The van der Waals surface area contributed by atoms with Crippen LogP contribution in [-0.4, -0.2) is 46.2 Å². The number of amides is 3. The molecule has 0 saturated heterocycles. The fourth-order valence-corrected chi connectivity index (χ4v) is 4.41. The Hall–Kier alpha value is -3.52. The van der Waals surface area contributed by atoms with Crippen molar-refractivity contribution in [3.05, 3.63) is 78.4 Å². The van der Waals surface area contributed by atoms with Gasteiger partial charge in [0.05, 0.1) is 0 Å². The number of fused-ring (bicyclic) bond motifs is 1. The second kappa shape index (κ2) is 12.8. The molecule has 8 heteroatoms. The summed E-state index contributed by atoms with van der Waals surface area (Å²) in [7, 11) is 0. The van der Waals surface area contributed by atoms with Crippen molar-refractivity contribution in [2.75, 3.05) is 11.1 Å². The highest BCUT2D eigenvalue weighted by atomic mass is 32.1. The molecule has 38 heavy (non-hydrogen) atoms. The first-order chi connectivity index (χ1) is 18.0. The molecule has 7 nitrogen and oxygen atoms in total. The average molecular weight is 536 g/mol. The Morgan fingerprint density at radius 3 is 2.18 bits per heavy atom. The lowest BCUT2D eigenvalue weighted by molar-refractivity contribution is -0.142. The van der Waals surface area contributed by atoms with Gasteiger partial charge in [-0.15, -0.1) is 0 Å². The molecule has 0 fully saturated rings. The number of hydrogen-bond donors (Lipinski definition) is 3. The molecule has 3 aromatic carbocycles. The fourth-order valence-electron chi connectivity index (χ4n) is 4.16. The van der Waals surface area contributed by atoms with Gasteiger partial charge in [-0.2, -0.15) is 12.6 Å². The van der Waals surface area contributed by atoms with Crippen molar-refractivity contribution in [1.29, 1.82) is 0 Å². The zero-order valence-corrected chi connectivity index (χ0v) is 23.5. The molecule has 3 unspecified atom stereocenters. The first-order valence-corrected chi connectivity index (χ1v) is 13.4. The third kappa shape index (κ3) is 7.51. The molecule has 0 saturated carbocycles. The molecular weight excluding hydrogens is 498 g/mol. The zero-order valence-electron chi connectivity index (χ0n) is 22.6. The van der Waals surface area contributed by atoms with Crippen molar-refractivity contribution >= 4 is 47.0 Å². The Kier molecular flexibility index (Phi) is 9.80. The summed E-state index contributed by atoms with van der Waals surface area (Å²) in [5.41, 5.74) is 0.565. The fraction of sp³-hybridized carbons (Fsp3) is 0.367. The summed E-state index contributed by atoms with van der Waals surface area (Å²) in [4.78, 5) is 41.9. The van der Waals surface area contributed by atoms with E-state index in [0.29, 0.717) is 17.7 Å². The van der Waals surface area contributed by atoms with E-state index in [2.05, 4.69) is 23.3 Å². The number of benzene rings is 3. The van der Waals surface area contributed by atoms with Crippen LogP contribution in [0.3, 0.4) is 0 Å². The molecule has 0 aliphatic rings. The second-order valence-corrected chi connectivity index (χ2v) is 10.6. The molecule has 3 atom stereocenters. The standard InChI is InChI=1S/C30H37N3O4S/c1-6-20(2)33(28(35)25(19-38)32-29(36)37-30(3,4)5)26(22-13-8-7-9-14-22)27(34)31-24-17-16-21-12-10-11-15-23(21)18-24/h7-18,20,25-26,38H,6,19H2,1-5H3,(H,31,34)(H,32,36). The van der Waals surface area contributed by atoms with E-state index in [0.717, 1.165) is 10.8 Å². The number of nitrogens with zero attached hydrogens (tertiary/aromatic N) is 1. The maximum Gasteiger partial charge on any atom is 0.408 e. The maximum absolute atomic E-state index is 13.9. The number of nitrogens with one attached hydrogen (secondary N) is 2. The van der Waals surface area contributed by atoms with Gasteiger partial charge in [-0.25, -0.2) is 4.79 Å². The molecule has 202 valence electrons. The van der Waals surface area contributed by atoms with Crippen LogP contribution in [0, 0.1) is 0 Å². The summed E-state index contributed by atoms with van der Waals surface area (Å²) in [6.07, 6.45) is -0.116. The Morgan fingerprint density at radius 1 is 0.947 bits per heavy atom. The maximum atomic E-state index is 13.9. The van der Waals surface area contributed by atoms with Gasteiger partial charge in [0.1, 0.15) is 17.7 Å². The minimum Gasteiger partial charge on any atom is -0.444 e. The molecule has 2 N–H and O–H groups in total. The Morgan fingerprint density at radius 2 is 1.58 bits per heavy atom. The summed E-state index contributed by atoms with van der Waals surface area (Å²) in [6.45, 7) is 9.08. The molecule has 0 aromatic heterocycles. The van der Waals surface area contributed by atoms with Gasteiger partial charge in [0.15, 0.2) is 0 Å². The van der Waals surface area contributed by atoms with Crippen LogP contribution < -0.4 is 10.6 Å². The molecule has 0 heterocycles. The quantitative estimate of drug-likeness (QED) is 0.295. The van der Waals surface area contributed by atoms with E-state index >= 15 is 0 Å². The summed E-state index contributed by atoms with van der Waals surface area (Å²) in [5, 5.41) is 7.70. The first kappa shape index (κ1) is 29.0. The number of hydrogen-bond acceptors (Lipinski definition) is 5. The monoisotopic (exact) mass is 535 g/mol. The van der Waals surface area contributed by atoms with Crippen LogP contribution in [0.25, 0.3) is 10.8 Å². The Labute approximate surface area is 230 Å². The van der Waals surface area contributed by atoms with Crippen LogP contribution in [0.1, 0.15) is 52.6 Å². The topological polar surface area (TPSA) is 87.7 Å². The van der Waals surface area contributed by atoms with Gasteiger partial charge in [-0.3, -0.25) is 9.59 Å². The third-order valence-electron chi connectivity index (χ3n) is 6.15. The lowest BCUT2D eigenvalue weighted by Crippen LogP contribution is -2.55. The largest absolute Gasteiger partial charge is 0.444 e. The van der Waals surface area contributed by atoms with Crippen LogP contribution >= 0.6 is 12.6 Å². The van der Waals surface area contributed by atoms with Crippen molar-refractivity contribution in [1.82, 2.24) is 10.2 Å². The van der Waals surface area contributed by atoms with E-state index in [1.54, 1.807) is 25.7 Å². The number of carbonyl (C=O) groups is 3. The minimum atomic E-state index is -0.984. The third-order valence-corrected chi connectivity index (χ3v) is 6.52. The number of carbonyl (C=O) groups excluding carboxylic acids is 3. The van der Waals surface area contributed by atoms with Crippen molar-refractivity contribution in [2.45, 2.75) is 64.8 Å². The van der Waals surface area contributed by atoms with Crippen molar-refractivity contribution in [3.8, 4) is 0 Å². The van der Waals surface area contributed by atoms with Gasteiger partial charge in [0.2, 0.25) is 5.91 Å². The SMILES string of the molecule is CCC(C)N(C(=O)C(CS)NC(=O)OC(C)(C)C)C(C(=O)Nc1ccc2ccccc2c1)c1ccccc1. The number of anilines is 1. The summed E-state index contributed by atoms with van der Waals surface area (Å²) in [6, 6.07) is 20.5. The molecule has 0 radical (unpaired) electrons. The lowest BCUT2D eigenvalue weighted by atomic mass is 10.00. The van der Waals surface area contributed by atoms with E-state index in [4.69, 9.17) is 4.74 Å². The predicted octanol–water partition coefficient (Wildman–Crippen LogP) is 5.97. The molecule has 0 bridgehead atoms. The minimum absolute atomic E-state index is 0.0405. The summed E-state index contributed by atoms with van der Waals surface area (Å²) >= 11 is 4.34. The summed E-state index contributed by atoms with van der Waals surface area (Å²) in [5.74, 6) is -0.725. The van der Waals surface area contributed by atoms with Gasteiger partial charge in [-0.1, -0.05) is 67.6 Å². The highest BCUT2D eigenvalue weighted by Crippen LogP contribution is 2.28. The molecule has 0 spiro atoms. The lowest BCUT2D eigenvalue weighted by Gasteiger charge is -2.38. The number of ether oxygens (including phenoxy) is 1. The molecule has 3 aromatic rings. The zero-order chi connectivity index (χ0) is 27.9. The van der Waals surface area contributed by atoms with Gasteiger partial charge in [-0.05, 0) is 62.6 Å². The van der Waals surface area contributed by atoms with E-state index in [9.17, 15) is 14.4 Å². The van der Waals surface area contributed by atoms with E-state index in [-0.39, 0.29) is 17.7 Å². The number of alkyl carbamates (subject to hydrolysis) is 1.